The highest BCUT2D eigenvalue weighted by Gasteiger charge is 2.18. The van der Waals surface area contributed by atoms with E-state index in [1.165, 1.54) is 0 Å². The van der Waals surface area contributed by atoms with E-state index in [0.29, 0.717) is 12.2 Å². The SMILES string of the molecule is C=CCN(C(=O)c1ccc(Cl)nn1)C(C)C. The first kappa shape index (κ1) is 12.6. The highest BCUT2D eigenvalue weighted by molar-refractivity contribution is 6.29. The molecule has 0 aliphatic heterocycles. The number of rotatable bonds is 4. The van der Waals surface area contributed by atoms with Gasteiger partial charge in [-0.15, -0.1) is 16.8 Å². The molecule has 1 rings (SSSR count). The van der Waals surface area contributed by atoms with Gasteiger partial charge in [-0.1, -0.05) is 17.7 Å². The average Bonchev–Trinajstić information content (AvgIpc) is 2.25. The Hall–Kier alpha value is -1.42. The lowest BCUT2D eigenvalue weighted by Gasteiger charge is -2.24. The maximum absolute atomic E-state index is 12.0. The number of hydrogen-bond acceptors (Lipinski definition) is 3. The topological polar surface area (TPSA) is 46.1 Å². The Balaban J connectivity index is 2.89. The number of halogens is 1. The Morgan fingerprint density at radius 2 is 2.25 bits per heavy atom. The van der Waals surface area contributed by atoms with Crippen LogP contribution in [0.4, 0.5) is 0 Å². The van der Waals surface area contributed by atoms with Gasteiger partial charge in [0, 0.05) is 12.6 Å². The molecule has 0 N–H and O–H groups in total. The molecule has 1 amide bonds. The van der Waals surface area contributed by atoms with E-state index in [-0.39, 0.29) is 17.1 Å². The maximum Gasteiger partial charge on any atom is 0.274 e. The highest BCUT2D eigenvalue weighted by atomic mass is 35.5. The van der Waals surface area contributed by atoms with E-state index in [9.17, 15) is 4.79 Å². The molecule has 0 spiro atoms. The number of amides is 1. The maximum atomic E-state index is 12.0. The first-order valence-electron chi connectivity index (χ1n) is 4.97. The summed E-state index contributed by atoms with van der Waals surface area (Å²) in [4.78, 5) is 13.7. The molecule has 1 aromatic heterocycles. The first-order chi connectivity index (χ1) is 7.56. The Kier molecular flexibility index (Phi) is 4.43. The number of aromatic nitrogens is 2. The lowest BCUT2D eigenvalue weighted by Crippen LogP contribution is -2.37. The molecule has 0 aliphatic rings. The van der Waals surface area contributed by atoms with Gasteiger partial charge >= 0.3 is 0 Å². The molecule has 0 fully saturated rings. The lowest BCUT2D eigenvalue weighted by molar-refractivity contribution is 0.0721. The van der Waals surface area contributed by atoms with E-state index >= 15 is 0 Å². The minimum Gasteiger partial charge on any atom is -0.331 e. The van der Waals surface area contributed by atoms with Crippen LogP contribution in [-0.2, 0) is 0 Å². The van der Waals surface area contributed by atoms with Crippen molar-refractivity contribution >= 4 is 17.5 Å². The van der Waals surface area contributed by atoms with E-state index in [1.54, 1.807) is 23.1 Å². The molecule has 0 saturated heterocycles. The summed E-state index contributed by atoms with van der Waals surface area (Å²) in [6, 6.07) is 3.20. The largest absolute Gasteiger partial charge is 0.331 e. The molecule has 16 heavy (non-hydrogen) atoms. The molecule has 0 aromatic carbocycles. The fourth-order valence-electron chi connectivity index (χ4n) is 1.24. The molecular formula is C11H14ClN3O. The van der Waals surface area contributed by atoms with Crippen molar-refractivity contribution in [3.8, 4) is 0 Å². The summed E-state index contributed by atoms with van der Waals surface area (Å²) in [5, 5.41) is 7.67. The zero-order chi connectivity index (χ0) is 12.1. The predicted octanol–water partition coefficient (Wildman–Crippen LogP) is 2.17. The molecular weight excluding hydrogens is 226 g/mol. The Bertz CT molecular complexity index is 375. The summed E-state index contributed by atoms with van der Waals surface area (Å²) in [5.74, 6) is -0.168. The first-order valence-corrected chi connectivity index (χ1v) is 5.35. The zero-order valence-corrected chi connectivity index (χ0v) is 10.1. The van der Waals surface area contributed by atoms with Crippen LogP contribution in [0.2, 0.25) is 5.15 Å². The van der Waals surface area contributed by atoms with Crippen LogP contribution in [0.5, 0.6) is 0 Å². The molecule has 86 valence electrons. The van der Waals surface area contributed by atoms with Gasteiger partial charge in [0.05, 0.1) is 0 Å². The third-order valence-electron chi connectivity index (χ3n) is 2.06. The standard InChI is InChI=1S/C11H14ClN3O/c1-4-7-15(8(2)3)11(16)9-5-6-10(12)14-13-9/h4-6,8H,1,7H2,2-3H3. The van der Waals surface area contributed by atoms with Crippen molar-refractivity contribution in [1.29, 1.82) is 0 Å². The van der Waals surface area contributed by atoms with Crippen molar-refractivity contribution in [1.82, 2.24) is 15.1 Å². The molecule has 5 heteroatoms. The second-order valence-corrected chi connectivity index (χ2v) is 3.97. The number of hydrogen-bond donors (Lipinski definition) is 0. The summed E-state index contributed by atoms with van der Waals surface area (Å²) in [5.41, 5.74) is 0.292. The monoisotopic (exact) mass is 239 g/mol. The van der Waals surface area contributed by atoms with Crippen LogP contribution >= 0.6 is 11.6 Å². The zero-order valence-electron chi connectivity index (χ0n) is 9.35. The number of nitrogens with zero attached hydrogens (tertiary/aromatic N) is 3. The summed E-state index contributed by atoms with van der Waals surface area (Å²) >= 11 is 5.60. The molecule has 0 bridgehead atoms. The Morgan fingerprint density at radius 1 is 1.56 bits per heavy atom. The Labute approximate surface area is 99.9 Å². The number of carbonyl (C=O) groups excluding carboxylic acids is 1. The number of carbonyl (C=O) groups is 1. The molecule has 0 atom stereocenters. The normalized spacial score (nSPS) is 10.2. The van der Waals surface area contributed by atoms with Gasteiger partial charge in [0.25, 0.3) is 5.91 Å². The fraction of sp³-hybridized carbons (Fsp3) is 0.364. The van der Waals surface area contributed by atoms with Crippen molar-refractivity contribution in [2.24, 2.45) is 0 Å². The van der Waals surface area contributed by atoms with Crippen LogP contribution in [0.15, 0.2) is 24.8 Å². The van der Waals surface area contributed by atoms with Crippen molar-refractivity contribution in [2.75, 3.05) is 6.54 Å². The van der Waals surface area contributed by atoms with Gasteiger partial charge in [-0.25, -0.2) is 0 Å². The van der Waals surface area contributed by atoms with Crippen molar-refractivity contribution in [3.05, 3.63) is 35.6 Å². The summed E-state index contributed by atoms with van der Waals surface area (Å²) in [7, 11) is 0. The molecule has 0 saturated carbocycles. The van der Waals surface area contributed by atoms with Gasteiger partial charge in [0.1, 0.15) is 0 Å². The molecule has 1 heterocycles. The summed E-state index contributed by atoms with van der Waals surface area (Å²) in [6.07, 6.45) is 1.68. The smallest absolute Gasteiger partial charge is 0.274 e. The third-order valence-corrected chi connectivity index (χ3v) is 2.26. The van der Waals surface area contributed by atoms with Crippen LogP contribution in [-0.4, -0.2) is 33.6 Å². The summed E-state index contributed by atoms with van der Waals surface area (Å²) in [6.45, 7) is 7.98. The minimum absolute atomic E-state index is 0.0861. The highest BCUT2D eigenvalue weighted by Crippen LogP contribution is 2.08. The van der Waals surface area contributed by atoms with Crippen LogP contribution < -0.4 is 0 Å². The van der Waals surface area contributed by atoms with E-state index < -0.39 is 0 Å². The third kappa shape index (κ3) is 3.03. The van der Waals surface area contributed by atoms with E-state index in [4.69, 9.17) is 11.6 Å². The molecule has 0 radical (unpaired) electrons. The van der Waals surface area contributed by atoms with E-state index in [2.05, 4.69) is 16.8 Å². The van der Waals surface area contributed by atoms with Crippen LogP contribution in [0.3, 0.4) is 0 Å². The van der Waals surface area contributed by atoms with Gasteiger partial charge in [-0.3, -0.25) is 4.79 Å². The van der Waals surface area contributed by atoms with Crippen LogP contribution in [0.25, 0.3) is 0 Å². The summed E-state index contributed by atoms with van der Waals surface area (Å²) < 4.78 is 0. The van der Waals surface area contributed by atoms with Crippen molar-refractivity contribution in [2.45, 2.75) is 19.9 Å². The quantitative estimate of drug-likeness (QED) is 0.757. The van der Waals surface area contributed by atoms with Gasteiger partial charge < -0.3 is 4.90 Å². The second-order valence-electron chi connectivity index (χ2n) is 3.58. The minimum atomic E-state index is -0.168. The van der Waals surface area contributed by atoms with E-state index in [1.807, 2.05) is 13.8 Å². The van der Waals surface area contributed by atoms with Gasteiger partial charge in [-0.2, -0.15) is 0 Å². The van der Waals surface area contributed by atoms with Gasteiger partial charge in [0.15, 0.2) is 10.8 Å². The molecule has 0 aliphatic carbocycles. The van der Waals surface area contributed by atoms with Crippen molar-refractivity contribution < 1.29 is 4.79 Å². The van der Waals surface area contributed by atoms with E-state index in [0.717, 1.165) is 0 Å². The fourth-order valence-corrected chi connectivity index (χ4v) is 1.35. The molecule has 4 nitrogen and oxygen atoms in total. The van der Waals surface area contributed by atoms with Gasteiger partial charge in [-0.05, 0) is 26.0 Å². The lowest BCUT2D eigenvalue weighted by atomic mass is 10.2. The van der Waals surface area contributed by atoms with Crippen LogP contribution in [0.1, 0.15) is 24.3 Å². The van der Waals surface area contributed by atoms with Crippen LogP contribution in [0, 0.1) is 0 Å². The molecule has 1 aromatic rings. The predicted molar refractivity (Wildman–Crippen MR) is 63.4 cm³/mol. The average molecular weight is 240 g/mol. The van der Waals surface area contributed by atoms with Gasteiger partial charge in [0.2, 0.25) is 0 Å². The molecule has 0 unspecified atom stereocenters. The second kappa shape index (κ2) is 5.61. The van der Waals surface area contributed by atoms with Crippen molar-refractivity contribution in [3.63, 3.8) is 0 Å². The Morgan fingerprint density at radius 3 is 2.69 bits per heavy atom.